The van der Waals surface area contributed by atoms with Crippen molar-refractivity contribution in [2.75, 3.05) is 32.8 Å². The number of ketones is 1. The summed E-state index contributed by atoms with van der Waals surface area (Å²) >= 11 is 0. The molecule has 1 aromatic carbocycles. The Kier molecular flexibility index (Phi) is 6.81. The zero-order valence-electron chi connectivity index (χ0n) is 15.8. The third-order valence-corrected chi connectivity index (χ3v) is 4.57. The quantitative estimate of drug-likeness (QED) is 0.778. The van der Waals surface area contributed by atoms with Gasteiger partial charge in [-0.05, 0) is 42.5 Å². The molecule has 1 atom stereocenters. The number of rotatable bonds is 7. The smallest absolute Gasteiger partial charge is 0.179 e. The normalized spacial score (nSPS) is 17.3. The zero-order chi connectivity index (χ0) is 17.7. The van der Waals surface area contributed by atoms with Gasteiger partial charge in [0.15, 0.2) is 5.78 Å². The van der Waals surface area contributed by atoms with E-state index in [1.54, 1.807) is 0 Å². The number of carbonyl (C=O) groups is 1. The fourth-order valence-electron chi connectivity index (χ4n) is 3.02. The van der Waals surface area contributed by atoms with Gasteiger partial charge in [-0.3, -0.25) is 9.69 Å². The zero-order valence-corrected chi connectivity index (χ0v) is 15.8. The molecule has 0 bridgehead atoms. The molecule has 4 nitrogen and oxygen atoms in total. The number of carbonyl (C=O) groups excluding carboxylic acids is 1. The first kappa shape index (κ1) is 18.9. The summed E-state index contributed by atoms with van der Waals surface area (Å²) in [5.74, 6) is 1.92. The van der Waals surface area contributed by atoms with Crippen molar-refractivity contribution >= 4 is 5.78 Å². The number of benzene rings is 1. The molecule has 134 valence electrons. The molecule has 0 aliphatic carbocycles. The van der Waals surface area contributed by atoms with Gasteiger partial charge in [0.1, 0.15) is 5.75 Å². The van der Waals surface area contributed by atoms with Crippen molar-refractivity contribution in [3.05, 3.63) is 29.3 Å². The topological polar surface area (TPSA) is 41.6 Å². The van der Waals surface area contributed by atoms with Gasteiger partial charge in [-0.2, -0.15) is 0 Å². The third-order valence-electron chi connectivity index (χ3n) is 4.57. The SMILES string of the molecule is CC(C)COc1ccc(C(=O)C(C)N2CCNCC2)cc1C(C)C. The summed E-state index contributed by atoms with van der Waals surface area (Å²) in [6.45, 7) is 15.1. The highest BCUT2D eigenvalue weighted by molar-refractivity contribution is 6.00. The highest BCUT2D eigenvalue weighted by Gasteiger charge is 2.24. The van der Waals surface area contributed by atoms with E-state index in [4.69, 9.17) is 4.74 Å². The molecule has 1 N–H and O–H groups in total. The molecular formula is C20H32N2O2. The van der Waals surface area contributed by atoms with Crippen LogP contribution >= 0.6 is 0 Å². The fourth-order valence-corrected chi connectivity index (χ4v) is 3.02. The van der Waals surface area contributed by atoms with E-state index in [2.05, 4.69) is 37.9 Å². The van der Waals surface area contributed by atoms with Crippen molar-refractivity contribution < 1.29 is 9.53 Å². The molecule has 0 amide bonds. The monoisotopic (exact) mass is 332 g/mol. The molecule has 2 rings (SSSR count). The van der Waals surface area contributed by atoms with Crippen molar-refractivity contribution in [2.24, 2.45) is 5.92 Å². The lowest BCUT2D eigenvalue weighted by Gasteiger charge is -2.32. The number of hydrogen-bond acceptors (Lipinski definition) is 4. The van der Waals surface area contributed by atoms with Crippen LogP contribution in [-0.2, 0) is 0 Å². The molecular weight excluding hydrogens is 300 g/mol. The largest absolute Gasteiger partial charge is 0.493 e. The average Bonchev–Trinajstić information content (AvgIpc) is 2.59. The van der Waals surface area contributed by atoms with Gasteiger partial charge in [-0.1, -0.05) is 27.7 Å². The molecule has 4 heteroatoms. The predicted molar refractivity (Wildman–Crippen MR) is 99.1 cm³/mol. The highest BCUT2D eigenvalue weighted by Crippen LogP contribution is 2.29. The standard InChI is InChI=1S/C20H32N2O2/c1-14(2)13-24-19-7-6-17(12-18(19)15(3)4)20(23)16(5)22-10-8-21-9-11-22/h6-7,12,14-16,21H,8-11,13H2,1-5H3. The van der Waals surface area contributed by atoms with E-state index in [1.165, 1.54) is 0 Å². The van der Waals surface area contributed by atoms with Gasteiger partial charge in [-0.15, -0.1) is 0 Å². The molecule has 1 saturated heterocycles. The second-order valence-electron chi connectivity index (χ2n) is 7.44. The van der Waals surface area contributed by atoms with Crippen LogP contribution in [0, 0.1) is 5.92 Å². The second kappa shape index (κ2) is 8.63. The lowest BCUT2D eigenvalue weighted by molar-refractivity contribution is 0.0820. The summed E-state index contributed by atoms with van der Waals surface area (Å²) in [7, 11) is 0. The first-order chi connectivity index (χ1) is 11.4. The Hall–Kier alpha value is -1.39. The molecule has 1 unspecified atom stereocenters. The number of piperazine rings is 1. The first-order valence-electron chi connectivity index (χ1n) is 9.16. The molecule has 0 saturated carbocycles. The average molecular weight is 332 g/mol. The van der Waals surface area contributed by atoms with Crippen LogP contribution < -0.4 is 10.1 Å². The van der Waals surface area contributed by atoms with Crippen LogP contribution in [0.1, 0.15) is 56.5 Å². The summed E-state index contributed by atoms with van der Waals surface area (Å²) in [4.78, 5) is 15.2. The van der Waals surface area contributed by atoms with Crippen LogP contribution in [0.5, 0.6) is 5.75 Å². The van der Waals surface area contributed by atoms with E-state index >= 15 is 0 Å². The maximum absolute atomic E-state index is 12.9. The van der Waals surface area contributed by atoms with Gasteiger partial charge in [0.05, 0.1) is 12.6 Å². The molecule has 1 heterocycles. The van der Waals surface area contributed by atoms with Crippen LogP contribution in [-0.4, -0.2) is 49.5 Å². The van der Waals surface area contributed by atoms with Gasteiger partial charge in [-0.25, -0.2) is 0 Å². The Bertz CT molecular complexity index is 549. The van der Waals surface area contributed by atoms with E-state index < -0.39 is 0 Å². The number of hydrogen-bond donors (Lipinski definition) is 1. The lowest BCUT2D eigenvalue weighted by atomic mass is 9.95. The minimum absolute atomic E-state index is 0.0745. The van der Waals surface area contributed by atoms with Crippen molar-refractivity contribution in [1.82, 2.24) is 10.2 Å². The molecule has 24 heavy (non-hydrogen) atoms. The van der Waals surface area contributed by atoms with Gasteiger partial charge >= 0.3 is 0 Å². The lowest BCUT2D eigenvalue weighted by Crippen LogP contribution is -2.50. The summed E-state index contributed by atoms with van der Waals surface area (Å²) < 4.78 is 5.94. The maximum atomic E-state index is 12.9. The summed E-state index contributed by atoms with van der Waals surface area (Å²) in [6.07, 6.45) is 0. The van der Waals surface area contributed by atoms with Gasteiger partial charge in [0.25, 0.3) is 0 Å². The van der Waals surface area contributed by atoms with Crippen molar-refractivity contribution in [3.8, 4) is 5.75 Å². The second-order valence-corrected chi connectivity index (χ2v) is 7.44. The van der Waals surface area contributed by atoms with Crippen molar-refractivity contribution in [2.45, 2.75) is 46.6 Å². The minimum Gasteiger partial charge on any atom is -0.493 e. The number of ether oxygens (including phenoxy) is 1. The molecule has 0 spiro atoms. The summed E-state index contributed by atoms with van der Waals surface area (Å²) in [5, 5.41) is 3.33. The Balaban J connectivity index is 2.17. The van der Waals surface area contributed by atoms with Crippen LogP contribution in [0.2, 0.25) is 0 Å². The summed E-state index contributed by atoms with van der Waals surface area (Å²) in [5.41, 5.74) is 1.91. The van der Waals surface area contributed by atoms with Crippen LogP contribution in [0.25, 0.3) is 0 Å². The van der Waals surface area contributed by atoms with Crippen LogP contribution in [0.3, 0.4) is 0 Å². The molecule has 0 radical (unpaired) electrons. The number of nitrogens with one attached hydrogen (secondary N) is 1. The molecule has 1 aromatic rings. The van der Waals surface area contributed by atoms with E-state index in [0.29, 0.717) is 18.4 Å². The van der Waals surface area contributed by atoms with Crippen LogP contribution in [0.4, 0.5) is 0 Å². The Labute approximate surface area is 146 Å². The number of nitrogens with zero attached hydrogens (tertiary/aromatic N) is 1. The highest BCUT2D eigenvalue weighted by atomic mass is 16.5. The van der Waals surface area contributed by atoms with E-state index in [0.717, 1.165) is 43.1 Å². The fraction of sp³-hybridized carbons (Fsp3) is 0.650. The molecule has 1 aliphatic heterocycles. The Morgan fingerprint density at radius 2 is 1.83 bits per heavy atom. The van der Waals surface area contributed by atoms with E-state index in [1.807, 2.05) is 25.1 Å². The maximum Gasteiger partial charge on any atom is 0.179 e. The van der Waals surface area contributed by atoms with E-state index in [-0.39, 0.29) is 11.8 Å². The Morgan fingerprint density at radius 3 is 2.42 bits per heavy atom. The first-order valence-corrected chi connectivity index (χ1v) is 9.16. The van der Waals surface area contributed by atoms with Gasteiger partial charge in [0.2, 0.25) is 0 Å². The van der Waals surface area contributed by atoms with Crippen molar-refractivity contribution in [3.63, 3.8) is 0 Å². The predicted octanol–water partition coefficient (Wildman–Crippen LogP) is 3.32. The summed E-state index contributed by atoms with van der Waals surface area (Å²) in [6, 6.07) is 5.84. The molecule has 1 aliphatic rings. The van der Waals surface area contributed by atoms with Gasteiger partial charge in [0, 0.05) is 31.7 Å². The van der Waals surface area contributed by atoms with Crippen LogP contribution in [0.15, 0.2) is 18.2 Å². The molecule has 0 aromatic heterocycles. The van der Waals surface area contributed by atoms with Crippen molar-refractivity contribution in [1.29, 1.82) is 0 Å². The number of Topliss-reactive ketones (excluding diaryl/α,β-unsaturated/α-hetero) is 1. The Morgan fingerprint density at radius 1 is 1.17 bits per heavy atom. The van der Waals surface area contributed by atoms with Gasteiger partial charge < -0.3 is 10.1 Å². The third kappa shape index (κ3) is 4.81. The van der Waals surface area contributed by atoms with E-state index in [9.17, 15) is 4.79 Å². The molecule has 1 fully saturated rings. The minimum atomic E-state index is -0.0745.